The number of nitrogens with zero attached hydrogens (tertiary/aromatic N) is 3. The van der Waals surface area contributed by atoms with Gasteiger partial charge in [-0.25, -0.2) is 0 Å². The van der Waals surface area contributed by atoms with Gasteiger partial charge in [-0.15, -0.1) is 0 Å². The van der Waals surface area contributed by atoms with Crippen molar-refractivity contribution in [3.05, 3.63) is 71.3 Å². The first-order chi connectivity index (χ1) is 10.2. The molecule has 2 aromatic heterocycles. The highest BCUT2D eigenvalue weighted by molar-refractivity contribution is 6.30. The molecule has 0 fully saturated rings. The Kier molecular flexibility index (Phi) is 4.02. The number of halogens is 1. The first-order valence-corrected chi connectivity index (χ1v) is 7.27. The third kappa shape index (κ3) is 3.31. The van der Waals surface area contributed by atoms with Crippen molar-refractivity contribution in [2.45, 2.75) is 12.8 Å². The van der Waals surface area contributed by atoms with E-state index in [2.05, 4.69) is 28.4 Å². The van der Waals surface area contributed by atoms with Gasteiger partial charge in [0, 0.05) is 36.2 Å². The van der Waals surface area contributed by atoms with Gasteiger partial charge in [0.2, 0.25) is 0 Å². The smallest absolute Gasteiger partial charge is 0.0706 e. The summed E-state index contributed by atoms with van der Waals surface area (Å²) >= 11 is 5.92. The van der Waals surface area contributed by atoms with Crippen molar-refractivity contribution in [1.82, 2.24) is 14.8 Å². The van der Waals surface area contributed by atoms with Gasteiger partial charge < -0.3 is 0 Å². The molecule has 0 aliphatic carbocycles. The van der Waals surface area contributed by atoms with Gasteiger partial charge in [0.15, 0.2) is 0 Å². The van der Waals surface area contributed by atoms with Crippen molar-refractivity contribution in [2.75, 3.05) is 0 Å². The van der Waals surface area contributed by atoms with Crippen LogP contribution in [0, 0.1) is 0 Å². The van der Waals surface area contributed by atoms with E-state index in [1.54, 1.807) is 0 Å². The lowest BCUT2D eigenvalue weighted by Crippen LogP contribution is -1.95. The van der Waals surface area contributed by atoms with Gasteiger partial charge in [-0.1, -0.05) is 23.7 Å². The SMILES string of the molecule is Cn1cc(-c2ccncc2)c(CCc2ccc(Cl)cc2)n1. The zero-order valence-corrected chi connectivity index (χ0v) is 12.6. The minimum Gasteiger partial charge on any atom is -0.275 e. The zero-order valence-electron chi connectivity index (χ0n) is 11.8. The van der Waals surface area contributed by atoms with Crippen LogP contribution in [0.5, 0.6) is 0 Å². The van der Waals surface area contributed by atoms with Gasteiger partial charge in [0.05, 0.1) is 5.69 Å². The molecule has 4 heteroatoms. The number of hydrogen-bond donors (Lipinski definition) is 0. The van der Waals surface area contributed by atoms with Gasteiger partial charge in [0.25, 0.3) is 0 Å². The Labute approximate surface area is 129 Å². The van der Waals surface area contributed by atoms with Crippen LogP contribution in [0.2, 0.25) is 5.02 Å². The topological polar surface area (TPSA) is 30.7 Å². The van der Waals surface area contributed by atoms with Crippen molar-refractivity contribution in [1.29, 1.82) is 0 Å². The number of pyridine rings is 1. The Bertz CT molecular complexity index is 718. The summed E-state index contributed by atoms with van der Waals surface area (Å²) in [5.74, 6) is 0. The lowest BCUT2D eigenvalue weighted by molar-refractivity contribution is 0.737. The maximum absolute atomic E-state index is 5.92. The van der Waals surface area contributed by atoms with Crippen LogP contribution in [0.25, 0.3) is 11.1 Å². The van der Waals surface area contributed by atoms with E-state index in [1.165, 1.54) is 11.1 Å². The Morgan fingerprint density at radius 1 is 1.00 bits per heavy atom. The molecular formula is C17H16ClN3. The molecule has 0 atom stereocenters. The third-order valence-electron chi connectivity index (χ3n) is 3.46. The Balaban J connectivity index is 1.81. The fraction of sp³-hybridized carbons (Fsp3) is 0.176. The molecule has 106 valence electrons. The first-order valence-electron chi connectivity index (χ1n) is 6.90. The highest BCUT2D eigenvalue weighted by Crippen LogP contribution is 2.23. The average Bonchev–Trinajstić information content (AvgIpc) is 2.89. The van der Waals surface area contributed by atoms with E-state index in [9.17, 15) is 0 Å². The van der Waals surface area contributed by atoms with E-state index < -0.39 is 0 Å². The number of benzene rings is 1. The van der Waals surface area contributed by atoms with Crippen molar-refractivity contribution in [3.8, 4) is 11.1 Å². The summed E-state index contributed by atoms with van der Waals surface area (Å²) in [5, 5.41) is 5.36. The molecule has 2 heterocycles. The third-order valence-corrected chi connectivity index (χ3v) is 3.71. The van der Waals surface area contributed by atoms with Crippen LogP contribution < -0.4 is 0 Å². The highest BCUT2D eigenvalue weighted by atomic mass is 35.5. The summed E-state index contributed by atoms with van der Waals surface area (Å²) in [6, 6.07) is 12.0. The second-order valence-electron chi connectivity index (χ2n) is 5.03. The predicted octanol–water partition coefficient (Wildman–Crippen LogP) is 3.92. The molecule has 1 aromatic carbocycles. The van der Waals surface area contributed by atoms with Crippen LogP contribution in [0.4, 0.5) is 0 Å². The first kappa shape index (κ1) is 13.8. The van der Waals surface area contributed by atoms with Crippen molar-refractivity contribution in [3.63, 3.8) is 0 Å². The lowest BCUT2D eigenvalue weighted by Gasteiger charge is -2.03. The molecule has 21 heavy (non-hydrogen) atoms. The number of hydrogen-bond acceptors (Lipinski definition) is 2. The molecule has 3 rings (SSSR count). The standard InChI is InChI=1S/C17H16ClN3/c1-21-12-16(14-8-10-19-11-9-14)17(20-21)7-4-13-2-5-15(18)6-3-13/h2-3,5-6,8-12H,4,7H2,1H3. The van der Waals surface area contributed by atoms with E-state index in [1.807, 2.05) is 48.4 Å². The summed E-state index contributed by atoms with van der Waals surface area (Å²) in [5.41, 5.74) is 4.71. The zero-order chi connectivity index (χ0) is 14.7. The lowest BCUT2D eigenvalue weighted by atomic mass is 10.0. The summed E-state index contributed by atoms with van der Waals surface area (Å²) in [7, 11) is 1.95. The molecule has 0 spiro atoms. The van der Waals surface area contributed by atoms with Gasteiger partial charge in [-0.05, 0) is 48.2 Å². The minimum absolute atomic E-state index is 0.772. The predicted molar refractivity (Wildman–Crippen MR) is 85.3 cm³/mol. The molecule has 0 saturated heterocycles. The number of aryl methyl sites for hydroxylation is 3. The van der Waals surface area contributed by atoms with Crippen LogP contribution >= 0.6 is 11.6 Å². The molecule has 0 radical (unpaired) electrons. The summed E-state index contributed by atoms with van der Waals surface area (Å²) in [6.45, 7) is 0. The largest absolute Gasteiger partial charge is 0.275 e. The van der Waals surface area contributed by atoms with Crippen LogP contribution in [0.15, 0.2) is 55.0 Å². The van der Waals surface area contributed by atoms with Gasteiger partial charge >= 0.3 is 0 Å². The van der Waals surface area contributed by atoms with E-state index in [-0.39, 0.29) is 0 Å². The van der Waals surface area contributed by atoms with Crippen molar-refractivity contribution in [2.24, 2.45) is 7.05 Å². The second kappa shape index (κ2) is 6.10. The molecule has 0 unspecified atom stereocenters. The van der Waals surface area contributed by atoms with Crippen molar-refractivity contribution >= 4 is 11.6 Å². The number of aromatic nitrogens is 3. The van der Waals surface area contributed by atoms with Gasteiger partial charge in [0.1, 0.15) is 0 Å². The summed E-state index contributed by atoms with van der Waals surface area (Å²) in [4.78, 5) is 4.07. The van der Waals surface area contributed by atoms with Gasteiger partial charge in [-0.3, -0.25) is 9.67 Å². The Hall–Kier alpha value is -2.13. The molecule has 0 amide bonds. The average molecular weight is 298 g/mol. The highest BCUT2D eigenvalue weighted by Gasteiger charge is 2.10. The molecule has 3 aromatic rings. The molecule has 0 aliphatic rings. The summed E-state index contributed by atoms with van der Waals surface area (Å²) in [6.07, 6.45) is 7.54. The van der Waals surface area contributed by atoms with Crippen LogP contribution in [-0.4, -0.2) is 14.8 Å². The maximum Gasteiger partial charge on any atom is 0.0706 e. The molecule has 3 nitrogen and oxygen atoms in total. The molecule has 0 N–H and O–H groups in total. The molecular weight excluding hydrogens is 282 g/mol. The normalized spacial score (nSPS) is 10.8. The van der Waals surface area contributed by atoms with Crippen molar-refractivity contribution < 1.29 is 0 Å². The fourth-order valence-electron chi connectivity index (χ4n) is 2.41. The number of rotatable bonds is 4. The minimum atomic E-state index is 0.772. The van der Waals surface area contributed by atoms with Crippen LogP contribution in [0.1, 0.15) is 11.3 Å². The maximum atomic E-state index is 5.92. The molecule has 0 bridgehead atoms. The van der Waals surface area contributed by atoms with E-state index >= 15 is 0 Å². The van der Waals surface area contributed by atoms with E-state index in [0.717, 1.165) is 29.1 Å². The quantitative estimate of drug-likeness (QED) is 0.731. The van der Waals surface area contributed by atoms with Gasteiger partial charge in [-0.2, -0.15) is 5.10 Å². The second-order valence-corrected chi connectivity index (χ2v) is 5.46. The summed E-state index contributed by atoms with van der Waals surface area (Å²) < 4.78 is 1.87. The van der Waals surface area contributed by atoms with Crippen LogP contribution in [0.3, 0.4) is 0 Å². The molecule has 0 saturated carbocycles. The Morgan fingerprint density at radius 3 is 2.43 bits per heavy atom. The fourth-order valence-corrected chi connectivity index (χ4v) is 2.53. The molecule has 0 aliphatic heterocycles. The van der Waals surface area contributed by atoms with E-state index in [4.69, 9.17) is 11.6 Å². The monoisotopic (exact) mass is 297 g/mol. The Morgan fingerprint density at radius 2 is 1.71 bits per heavy atom. The van der Waals surface area contributed by atoms with Crippen LogP contribution in [-0.2, 0) is 19.9 Å². The van der Waals surface area contributed by atoms with E-state index in [0.29, 0.717) is 0 Å².